The van der Waals surface area contributed by atoms with Crippen molar-refractivity contribution in [2.45, 2.75) is 56.8 Å². The first-order chi connectivity index (χ1) is 36.4. The third-order valence-electron chi connectivity index (χ3n) is 18.4. The van der Waals surface area contributed by atoms with Crippen LogP contribution in [-0.4, -0.2) is 16.4 Å². The van der Waals surface area contributed by atoms with Crippen LogP contribution in [0.25, 0.3) is 44.8 Å². The van der Waals surface area contributed by atoms with Crippen molar-refractivity contribution in [1.82, 2.24) is 9.55 Å². The van der Waals surface area contributed by atoms with Gasteiger partial charge in [0.25, 0.3) is 0 Å². The van der Waals surface area contributed by atoms with Crippen LogP contribution in [0.5, 0.6) is 11.5 Å². The van der Waals surface area contributed by atoms with E-state index in [0.717, 1.165) is 56.8 Å². The minimum absolute atomic E-state index is 0. The van der Waals surface area contributed by atoms with E-state index in [1.54, 1.807) is 5.47 Å². The minimum atomic E-state index is -0.109. The monoisotopic (exact) mass is 1150 g/mol. The van der Waals surface area contributed by atoms with Gasteiger partial charge in [-0.25, -0.2) is 4.98 Å². The first-order valence-corrected chi connectivity index (χ1v) is 26.7. The molecule has 9 aromatic rings. The van der Waals surface area contributed by atoms with Gasteiger partial charge in [-0.2, -0.15) is 12.1 Å². The Hall–Kier alpha value is -7.34. The van der Waals surface area contributed by atoms with Gasteiger partial charge in [0.1, 0.15) is 5.82 Å². The fourth-order valence-corrected chi connectivity index (χ4v) is 15.6. The van der Waals surface area contributed by atoms with Gasteiger partial charge in [0.2, 0.25) is 0 Å². The van der Waals surface area contributed by atoms with Crippen LogP contribution in [0.4, 0.5) is 28.4 Å². The molecule has 75 heavy (non-hydrogen) atoms. The molecular formula is C67H53BN5OPt-3. The third-order valence-corrected chi connectivity index (χ3v) is 18.4. The van der Waals surface area contributed by atoms with Crippen molar-refractivity contribution in [3.05, 3.63) is 235 Å². The van der Waals surface area contributed by atoms with Gasteiger partial charge in [0.05, 0.1) is 0 Å². The van der Waals surface area contributed by atoms with Crippen molar-refractivity contribution in [3.63, 3.8) is 0 Å². The Kier molecular flexibility index (Phi) is 10.1. The number of ether oxygens (including phenoxy) is 1. The Balaban J connectivity index is 0.00000495. The number of benzene rings is 7. The van der Waals surface area contributed by atoms with Crippen LogP contribution >= 0.6 is 0 Å². The molecule has 8 aliphatic rings. The summed E-state index contributed by atoms with van der Waals surface area (Å²) in [7, 11) is 0. The average Bonchev–Trinajstić information content (AvgIpc) is 4.06. The van der Waals surface area contributed by atoms with Crippen LogP contribution in [0, 0.1) is 42.5 Å². The zero-order valence-electron chi connectivity index (χ0n) is 41.9. The van der Waals surface area contributed by atoms with E-state index in [1.807, 2.05) is 12.1 Å². The molecule has 2 aromatic heterocycles. The predicted molar refractivity (Wildman–Crippen MR) is 301 cm³/mol. The molecule has 0 saturated heterocycles. The van der Waals surface area contributed by atoms with Crippen molar-refractivity contribution >= 4 is 63.2 Å². The van der Waals surface area contributed by atoms with Crippen LogP contribution < -0.4 is 19.3 Å². The standard InChI is InChI=1S/C67H53BN5O.Pt/c1-66(2)57-18-6-4-16-53(57)54-26-24-50(40-58(54)66)71-42-70(61-21-9-10-22-62(61)71)49-14-11-15-51(39-49)74-52-25-27-56-55-17-5-8-20-60(55)73(63(56)41-52)65-38-46(29-31-69-65)67(47-34-43-33-44(36-47)37-48(67)35-43)64-23-12-32-72-59-19-7-3-13-45(59)28-30-68(64)72;/h3-32,38,40,42-44,47-48H,33-37H2,1-2H3;/q-3;. The summed E-state index contributed by atoms with van der Waals surface area (Å²) in [4.78, 5) is 12.3. The van der Waals surface area contributed by atoms with Gasteiger partial charge in [-0.3, -0.25) is 0 Å². The molecule has 5 heterocycles. The Morgan fingerprint density at radius 1 is 0.653 bits per heavy atom. The Morgan fingerprint density at radius 2 is 1.39 bits per heavy atom. The van der Waals surface area contributed by atoms with E-state index in [-0.39, 0.29) is 38.7 Å². The summed E-state index contributed by atoms with van der Waals surface area (Å²) in [6.45, 7) is 7.02. The van der Waals surface area contributed by atoms with E-state index < -0.39 is 0 Å². The second-order valence-corrected chi connectivity index (χ2v) is 22.5. The number of fused-ring (bicyclic) bond motifs is 10. The summed E-state index contributed by atoms with van der Waals surface area (Å²) in [5.74, 6) is 7.45. The molecule has 6 nitrogen and oxygen atoms in total. The molecular weight excluding hydrogens is 1100 g/mol. The SMILES string of the molecule is CC1(C)c2ccccc2-c2ccc(N3[CH-]N(c4[c-]c(Oc5[c-]c6c(cc5)c5ccccc5n6-c5cc(C6(C7=CC=CN8B7C=Cc7ccccc78)C7CC8CC(C7)CC6C8)ccn5)ccc4)c4ccccc43)cc21.[Pt]. The molecule has 17 rings (SSSR count). The first-order valence-electron chi connectivity index (χ1n) is 26.7. The molecule has 0 atom stereocenters. The predicted octanol–water partition coefficient (Wildman–Crippen LogP) is 16.0. The van der Waals surface area contributed by atoms with Crippen molar-refractivity contribution < 1.29 is 25.8 Å². The number of aromatic nitrogens is 2. The largest absolute Gasteiger partial charge is 0.509 e. The number of hydrogen-bond donors (Lipinski definition) is 0. The smallest absolute Gasteiger partial charge is 0.316 e. The minimum Gasteiger partial charge on any atom is -0.509 e. The maximum atomic E-state index is 6.81. The van der Waals surface area contributed by atoms with Gasteiger partial charge in [-0.05, 0) is 155 Å². The molecule has 4 bridgehead atoms. The number of para-hydroxylation sites is 4. The Bertz CT molecular complexity index is 3900. The van der Waals surface area contributed by atoms with Gasteiger partial charge >= 0.3 is 6.85 Å². The zero-order chi connectivity index (χ0) is 48.9. The average molecular weight is 1150 g/mol. The van der Waals surface area contributed by atoms with E-state index in [4.69, 9.17) is 9.72 Å². The number of anilines is 5. The molecule has 3 aliphatic heterocycles. The molecule has 0 amide bonds. The summed E-state index contributed by atoms with van der Waals surface area (Å²) in [6.07, 6.45) is 18.1. The molecule has 0 unspecified atom stereocenters. The number of hydrogen-bond acceptors (Lipinski definition) is 5. The third kappa shape index (κ3) is 6.59. The van der Waals surface area contributed by atoms with Gasteiger partial charge in [-0.1, -0.05) is 122 Å². The van der Waals surface area contributed by atoms with E-state index in [2.05, 4.69) is 234 Å². The summed E-state index contributed by atoms with van der Waals surface area (Å²) >= 11 is 0. The normalized spacial score (nSPS) is 22.9. The van der Waals surface area contributed by atoms with Gasteiger partial charge in [-0.15, -0.1) is 48.1 Å². The molecule has 7 aromatic carbocycles. The number of pyridine rings is 1. The van der Waals surface area contributed by atoms with Crippen molar-refractivity contribution in [3.8, 4) is 28.4 Å². The summed E-state index contributed by atoms with van der Waals surface area (Å²) in [5, 5.41) is 2.28. The zero-order valence-corrected chi connectivity index (χ0v) is 44.2. The number of allylic oxidation sites excluding steroid dienone is 3. The van der Waals surface area contributed by atoms with E-state index in [9.17, 15) is 0 Å². The number of rotatable bonds is 7. The van der Waals surface area contributed by atoms with E-state index in [1.165, 1.54) is 76.6 Å². The second-order valence-electron chi connectivity index (χ2n) is 22.5. The molecule has 4 saturated carbocycles. The molecule has 5 aliphatic carbocycles. The van der Waals surface area contributed by atoms with Gasteiger partial charge in [0, 0.05) is 77.9 Å². The van der Waals surface area contributed by atoms with E-state index >= 15 is 0 Å². The van der Waals surface area contributed by atoms with Crippen LogP contribution in [0.2, 0.25) is 0 Å². The molecule has 8 heteroatoms. The maximum Gasteiger partial charge on any atom is 0.316 e. The molecule has 4 fully saturated rings. The summed E-state index contributed by atoms with van der Waals surface area (Å²) in [6, 6.07) is 64.6. The molecule has 368 valence electrons. The summed E-state index contributed by atoms with van der Waals surface area (Å²) in [5.41, 5.74) is 16.9. The molecule has 0 radical (unpaired) electrons. The number of nitrogens with zero attached hydrogens (tertiary/aromatic N) is 5. The molecule has 0 spiro atoms. The van der Waals surface area contributed by atoms with Crippen LogP contribution in [-0.2, 0) is 31.9 Å². The topological polar surface area (TPSA) is 36.8 Å². The molecule has 0 N–H and O–H groups in total. The Labute approximate surface area is 454 Å². The van der Waals surface area contributed by atoms with Crippen LogP contribution in [0.15, 0.2) is 194 Å². The van der Waals surface area contributed by atoms with Gasteiger partial charge in [0.15, 0.2) is 0 Å². The fourth-order valence-electron chi connectivity index (χ4n) is 15.6. The van der Waals surface area contributed by atoms with Crippen molar-refractivity contribution in [2.24, 2.45) is 23.7 Å². The van der Waals surface area contributed by atoms with Crippen molar-refractivity contribution in [2.75, 3.05) is 14.6 Å². The van der Waals surface area contributed by atoms with Crippen LogP contribution in [0.1, 0.15) is 68.2 Å². The van der Waals surface area contributed by atoms with Crippen molar-refractivity contribution in [1.29, 1.82) is 0 Å². The fraction of sp³-hybridized carbons (Fsp3) is 0.194. The van der Waals surface area contributed by atoms with E-state index in [0.29, 0.717) is 23.3 Å². The maximum absolute atomic E-state index is 6.81. The second kappa shape index (κ2) is 16.8. The van der Waals surface area contributed by atoms with Crippen LogP contribution in [0.3, 0.4) is 0 Å². The first kappa shape index (κ1) is 45.1. The summed E-state index contributed by atoms with van der Waals surface area (Å²) < 4.78 is 9.13. The quantitative estimate of drug-likeness (QED) is 0.117. The Morgan fingerprint density at radius 3 is 2.24 bits per heavy atom. The van der Waals surface area contributed by atoms with Gasteiger partial charge < -0.3 is 23.9 Å².